The third-order valence-electron chi connectivity index (χ3n) is 2.64. The Labute approximate surface area is 114 Å². The number of hydrogen-bond donors (Lipinski definition) is 3. The zero-order chi connectivity index (χ0) is 14.5. The number of hydrazone groups is 1. The first kappa shape index (κ1) is 13.7. The van der Waals surface area contributed by atoms with Crippen LogP contribution in [0.25, 0.3) is 0 Å². The van der Waals surface area contributed by atoms with E-state index in [9.17, 15) is 14.4 Å². The van der Waals surface area contributed by atoms with Gasteiger partial charge in [-0.2, -0.15) is 10.2 Å². The summed E-state index contributed by atoms with van der Waals surface area (Å²) in [4.78, 5) is 33.9. The van der Waals surface area contributed by atoms with Gasteiger partial charge in [0, 0.05) is 26.1 Å². The summed E-state index contributed by atoms with van der Waals surface area (Å²) in [5.41, 5.74) is 2.96. The van der Waals surface area contributed by atoms with Crippen molar-refractivity contribution in [2.24, 2.45) is 5.10 Å². The Hall–Kier alpha value is -2.71. The number of nitrogens with one attached hydrogen (secondary N) is 3. The van der Waals surface area contributed by atoms with Gasteiger partial charge in [0.2, 0.25) is 11.8 Å². The van der Waals surface area contributed by atoms with Crippen LogP contribution in [0.1, 0.15) is 12.8 Å². The first-order valence-corrected chi connectivity index (χ1v) is 5.98. The molecule has 1 aliphatic rings. The summed E-state index contributed by atoms with van der Waals surface area (Å²) in [6.45, 7) is 0.0728. The van der Waals surface area contributed by atoms with Crippen molar-refractivity contribution in [3.05, 3.63) is 12.4 Å². The molecule has 9 heteroatoms. The van der Waals surface area contributed by atoms with Crippen LogP contribution in [0.15, 0.2) is 17.5 Å². The Morgan fingerprint density at radius 1 is 1.45 bits per heavy atom. The lowest BCUT2D eigenvalue weighted by molar-refractivity contribution is -0.122. The minimum absolute atomic E-state index is 0.0728. The molecule has 1 aliphatic heterocycles. The summed E-state index contributed by atoms with van der Waals surface area (Å²) < 4.78 is 1.40. The second kappa shape index (κ2) is 5.95. The minimum Gasteiger partial charge on any atom is -0.358 e. The van der Waals surface area contributed by atoms with Crippen LogP contribution in [0.3, 0.4) is 0 Å². The SMILES string of the molecule is CNC(=O)Cn1cc(NC(=O)C2=NNC(=O)CC2)cn1. The van der Waals surface area contributed by atoms with E-state index >= 15 is 0 Å². The molecule has 0 saturated heterocycles. The van der Waals surface area contributed by atoms with E-state index < -0.39 is 5.91 Å². The van der Waals surface area contributed by atoms with E-state index in [4.69, 9.17) is 0 Å². The van der Waals surface area contributed by atoms with Crippen LogP contribution in [-0.4, -0.2) is 40.3 Å². The van der Waals surface area contributed by atoms with E-state index in [1.807, 2.05) is 0 Å². The molecule has 20 heavy (non-hydrogen) atoms. The van der Waals surface area contributed by atoms with E-state index in [1.165, 1.54) is 24.1 Å². The second-order valence-corrected chi connectivity index (χ2v) is 4.15. The molecule has 0 unspecified atom stereocenters. The van der Waals surface area contributed by atoms with Crippen LogP contribution in [-0.2, 0) is 20.9 Å². The molecule has 0 atom stereocenters. The minimum atomic E-state index is -0.399. The van der Waals surface area contributed by atoms with Gasteiger partial charge in [0.1, 0.15) is 12.3 Å². The first-order valence-electron chi connectivity index (χ1n) is 5.98. The molecule has 1 aromatic heterocycles. The highest BCUT2D eigenvalue weighted by Crippen LogP contribution is 2.07. The van der Waals surface area contributed by atoms with Crippen LogP contribution >= 0.6 is 0 Å². The maximum absolute atomic E-state index is 11.9. The number of carbonyl (C=O) groups is 3. The monoisotopic (exact) mass is 278 g/mol. The molecule has 0 aliphatic carbocycles. The van der Waals surface area contributed by atoms with Gasteiger partial charge in [-0.15, -0.1) is 0 Å². The van der Waals surface area contributed by atoms with E-state index in [1.54, 1.807) is 0 Å². The topological polar surface area (TPSA) is 117 Å². The van der Waals surface area contributed by atoms with E-state index in [0.717, 1.165) is 0 Å². The van der Waals surface area contributed by atoms with E-state index in [2.05, 4.69) is 26.3 Å². The lowest BCUT2D eigenvalue weighted by Crippen LogP contribution is -2.32. The Morgan fingerprint density at radius 3 is 2.90 bits per heavy atom. The predicted octanol–water partition coefficient (Wildman–Crippen LogP) is -1.17. The van der Waals surface area contributed by atoms with Crippen LogP contribution < -0.4 is 16.1 Å². The molecule has 3 N–H and O–H groups in total. The summed E-state index contributed by atoms with van der Waals surface area (Å²) in [7, 11) is 1.53. The van der Waals surface area contributed by atoms with Gasteiger partial charge in [0.15, 0.2) is 0 Å². The third kappa shape index (κ3) is 3.40. The fourth-order valence-electron chi connectivity index (χ4n) is 1.58. The number of anilines is 1. The predicted molar refractivity (Wildman–Crippen MR) is 69.7 cm³/mol. The Balaban J connectivity index is 1.95. The largest absolute Gasteiger partial charge is 0.358 e. The molecule has 2 rings (SSSR count). The van der Waals surface area contributed by atoms with Crippen molar-refractivity contribution in [2.45, 2.75) is 19.4 Å². The summed E-state index contributed by atoms with van der Waals surface area (Å²) in [6, 6.07) is 0. The number of amides is 3. The average molecular weight is 278 g/mol. The molecule has 1 aromatic rings. The molecule has 0 bridgehead atoms. The van der Waals surface area contributed by atoms with E-state index in [0.29, 0.717) is 12.1 Å². The van der Waals surface area contributed by atoms with E-state index in [-0.39, 0.29) is 30.5 Å². The molecule has 106 valence electrons. The Bertz CT molecular complexity index is 576. The third-order valence-corrected chi connectivity index (χ3v) is 2.64. The molecule has 3 amide bonds. The van der Waals surface area contributed by atoms with Crippen molar-refractivity contribution in [3.63, 3.8) is 0 Å². The second-order valence-electron chi connectivity index (χ2n) is 4.15. The zero-order valence-corrected chi connectivity index (χ0v) is 10.8. The maximum Gasteiger partial charge on any atom is 0.271 e. The average Bonchev–Trinajstić information content (AvgIpc) is 2.86. The van der Waals surface area contributed by atoms with Gasteiger partial charge < -0.3 is 10.6 Å². The Kier molecular flexibility index (Phi) is 4.08. The molecule has 0 radical (unpaired) electrons. The smallest absolute Gasteiger partial charge is 0.271 e. The summed E-state index contributed by atoms with van der Waals surface area (Å²) >= 11 is 0. The van der Waals surface area contributed by atoms with Crippen LogP contribution in [0.2, 0.25) is 0 Å². The molecule has 0 fully saturated rings. The van der Waals surface area contributed by atoms with Gasteiger partial charge in [-0.3, -0.25) is 19.1 Å². The van der Waals surface area contributed by atoms with Gasteiger partial charge >= 0.3 is 0 Å². The molecular weight excluding hydrogens is 264 g/mol. The van der Waals surface area contributed by atoms with Crippen LogP contribution in [0.5, 0.6) is 0 Å². The highest BCUT2D eigenvalue weighted by atomic mass is 16.2. The highest BCUT2D eigenvalue weighted by Gasteiger charge is 2.18. The summed E-state index contributed by atoms with van der Waals surface area (Å²) in [6.07, 6.45) is 3.50. The number of aromatic nitrogens is 2. The van der Waals surface area contributed by atoms with Crippen molar-refractivity contribution < 1.29 is 14.4 Å². The number of carbonyl (C=O) groups excluding carboxylic acids is 3. The molecule has 0 spiro atoms. The quantitative estimate of drug-likeness (QED) is 0.643. The number of likely N-dealkylation sites (N-methyl/N-ethyl adjacent to an activating group) is 1. The normalized spacial score (nSPS) is 14.2. The fraction of sp³-hybridized carbons (Fsp3) is 0.364. The van der Waals surface area contributed by atoms with Crippen LogP contribution in [0.4, 0.5) is 5.69 Å². The van der Waals surface area contributed by atoms with Gasteiger partial charge in [0.25, 0.3) is 5.91 Å². The van der Waals surface area contributed by atoms with Crippen molar-refractivity contribution in [2.75, 3.05) is 12.4 Å². The van der Waals surface area contributed by atoms with Gasteiger partial charge in [-0.25, -0.2) is 5.43 Å². The Morgan fingerprint density at radius 2 is 2.25 bits per heavy atom. The first-order chi connectivity index (χ1) is 9.58. The molecule has 0 aromatic carbocycles. The number of nitrogens with zero attached hydrogens (tertiary/aromatic N) is 3. The highest BCUT2D eigenvalue weighted by molar-refractivity contribution is 6.43. The van der Waals surface area contributed by atoms with Crippen molar-refractivity contribution in [1.82, 2.24) is 20.5 Å². The zero-order valence-electron chi connectivity index (χ0n) is 10.8. The lowest BCUT2D eigenvalue weighted by Gasteiger charge is -2.10. The van der Waals surface area contributed by atoms with Gasteiger partial charge in [-0.1, -0.05) is 0 Å². The van der Waals surface area contributed by atoms with Crippen molar-refractivity contribution in [3.8, 4) is 0 Å². The summed E-state index contributed by atoms with van der Waals surface area (Å²) in [5.74, 6) is -0.796. The van der Waals surface area contributed by atoms with Crippen LogP contribution in [0, 0.1) is 0 Å². The maximum atomic E-state index is 11.9. The lowest BCUT2D eigenvalue weighted by atomic mass is 10.1. The van der Waals surface area contributed by atoms with Crippen molar-refractivity contribution in [1.29, 1.82) is 0 Å². The van der Waals surface area contributed by atoms with Gasteiger partial charge in [-0.05, 0) is 0 Å². The number of rotatable bonds is 4. The molecular formula is C11H14N6O3. The standard InChI is InChI=1S/C11H14N6O3/c1-12-10(19)6-17-5-7(4-13-17)14-11(20)8-2-3-9(18)16-15-8/h4-5H,2-3,6H2,1H3,(H,12,19)(H,14,20)(H,16,18). The van der Waals surface area contributed by atoms with Crippen molar-refractivity contribution >= 4 is 29.1 Å². The fourth-order valence-corrected chi connectivity index (χ4v) is 1.58. The summed E-state index contributed by atoms with van der Waals surface area (Å²) in [5, 5.41) is 12.7. The molecule has 2 heterocycles. The molecule has 9 nitrogen and oxygen atoms in total. The number of hydrogen-bond acceptors (Lipinski definition) is 5. The van der Waals surface area contributed by atoms with Gasteiger partial charge in [0.05, 0.1) is 11.9 Å². The molecule has 0 saturated carbocycles.